The van der Waals surface area contributed by atoms with Crippen molar-refractivity contribution >= 4 is 5.97 Å². The molecule has 0 saturated carbocycles. The first kappa shape index (κ1) is 16.0. The fourth-order valence-electron chi connectivity index (χ4n) is 1.30. The van der Waals surface area contributed by atoms with Crippen LogP contribution in [0.4, 0.5) is 0 Å². The van der Waals surface area contributed by atoms with Crippen LogP contribution in [-0.2, 0) is 0 Å². The summed E-state index contributed by atoms with van der Waals surface area (Å²) in [6, 6.07) is 4.87. The predicted molar refractivity (Wildman–Crippen MR) is 59.6 cm³/mol. The Labute approximate surface area is 114 Å². The maximum absolute atomic E-state index is 10.7. The number of rotatable bonds is 5. The van der Waals surface area contributed by atoms with Crippen LogP contribution in [0.5, 0.6) is 5.75 Å². The van der Waals surface area contributed by atoms with E-state index in [2.05, 4.69) is 0 Å². The molecular formula is C12H16LiNO3. The Bertz CT molecular complexity index is 380. The molecular weight excluding hydrogens is 213 g/mol. The summed E-state index contributed by atoms with van der Waals surface area (Å²) in [6.45, 7) is 3.13. The molecule has 5 heteroatoms. The molecule has 0 spiro atoms. The third kappa shape index (κ3) is 5.27. The van der Waals surface area contributed by atoms with Crippen LogP contribution in [0, 0.1) is 6.92 Å². The van der Waals surface area contributed by atoms with E-state index in [1.807, 2.05) is 19.0 Å². The summed E-state index contributed by atoms with van der Waals surface area (Å²) in [5.74, 6) is -0.471. The molecule has 0 amide bonds. The van der Waals surface area contributed by atoms with Gasteiger partial charge >= 0.3 is 18.9 Å². The Morgan fingerprint density at radius 1 is 1.41 bits per heavy atom. The SMILES string of the molecule is Cc1cc(OCCN(C)C)ccc1C(=O)[O-].[Li+]. The Morgan fingerprint density at radius 3 is 2.53 bits per heavy atom. The monoisotopic (exact) mass is 229 g/mol. The second-order valence-electron chi connectivity index (χ2n) is 3.92. The van der Waals surface area contributed by atoms with Crippen LogP contribution in [0.3, 0.4) is 0 Å². The summed E-state index contributed by atoms with van der Waals surface area (Å²) in [5.41, 5.74) is 0.863. The predicted octanol–water partition coefficient (Wildman–Crippen LogP) is -2.70. The van der Waals surface area contributed by atoms with Gasteiger partial charge in [-0.15, -0.1) is 0 Å². The van der Waals surface area contributed by atoms with E-state index < -0.39 is 5.97 Å². The molecule has 17 heavy (non-hydrogen) atoms. The smallest absolute Gasteiger partial charge is 0.545 e. The van der Waals surface area contributed by atoms with E-state index in [1.165, 1.54) is 6.07 Å². The first-order valence-corrected chi connectivity index (χ1v) is 5.10. The van der Waals surface area contributed by atoms with Crippen LogP contribution in [0.1, 0.15) is 15.9 Å². The number of aromatic carboxylic acids is 1. The van der Waals surface area contributed by atoms with E-state index in [0.717, 1.165) is 6.54 Å². The molecule has 0 saturated heterocycles. The Balaban J connectivity index is 0.00000256. The quantitative estimate of drug-likeness (QED) is 0.516. The van der Waals surface area contributed by atoms with Gasteiger partial charge in [-0.3, -0.25) is 0 Å². The van der Waals surface area contributed by atoms with E-state index in [0.29, 0.717) is 17.9 Å². The van der Waals surface area contributed by atoms with E-state index in [9.17, 15) is 9.90 Å². The molecule has 1 aromatic rings. The van der Waals surface area contributed by atoms with Gasteiger partial charge in [0.2, 0.25) is 0 Å². The van der Waals surface area contributed by atoms with E-state index in [4.69, 9.17) is 4.74 Å². The van der Waals surface area contributed by atoms with Gasteiger partial charge in [-0.2, -0.15) is 0 Å². The van der Waals surface area contributed by atoms with Crippen LogP contribution in [-0.4, -0.2) is 38.1 Å². The molecule has 0 fully saturated rings. The van der Waals surface area contributed by atoms with Gasteiger partial charge in [0.1, 0.15) is 12.4 Å². The Kier molecular flexibility index (Phi) is 6.97. The maximum atomic E-state index is 10.7. The van der Waals surface area contributed by atoms with Crippen molar-refractivity contribution in [1.82, 2.24) is 4.90 Å². The molecule has 1 rings (SSSR count). The number of benzene rings is 1. The summed E-state index contributed by atoms with van der Waals surface area (Å²) < 4.78 is 5.48. The van der Waals surface area contributed by atoms with Crippen molar-refractivity contribution in [2.45, 2.75) is 6.92 Å². The van der Waals surface area contributed by atoms with Crippen molar-refractivity contribution in [3.8, 4) is 5.75 Å². The summed E-state index contributed by atoms with van der Waals surface area (Å²) in [7, 11) is 3.93. The third-order valence-electron chi connectivity index (χ3n) is 2.23. The number of nitrogens with zero attached hydrogens (tertiary/aromatic N) is 1. The number of likely N-dealkylation sites (N-methyl/N-ethyl adjacent to an activating group) is 1. The maximum Gasteiger partial charge on any atom is 1.00 e. The average molecular weight is 229 g/mol. The van der Waals surface area contributed by atoms with Crippen LogP contribution in [0.15, 0.2) is 18.2 Å². The molecule has 88 valence electrons. The number of carbonyl (C=O) groups is 1. The second-order valence-corrected chi connectivity index (χ2v) is 3.92. The van der Waals surface area contributed by atoms with Crippen LogP contribution in [0.25, 0.3) is 0 Å². The van der Waals surface area contributed by atoms with Crippen molar-refractivity contribution in [2.75, 3.05) is 27.2 Å². The first-order valence-electron chi connectivity index (χ1n) is 5.10. The molecule has 0 aliphatic carbocycles. The molecule has 0 aliphatic rings. The first-order chi connectivity index (χ1) is 7.50. The molecule has 0 radical (unpaired) electrons. The average Bonchev–Trinajstić information content (AvgIpc) is 2.16. The zero-order chi connectivity index (χ0) is 12.1. The van der Waals surface area contributed by atoms with Gasteiger partial charge in [-0.1, -0.05) is 0 Å². The molecule has 0 N–H and O–H groups in total. The number of hydrogen-bond acceptors (Lipinski definition) is 4. The minimum Gasteiger partial charge on any atom is -0.545 e. The number of aryl methyl sites for hydroxylation is 1. The Morgan fingerprint density at radius 2 is 2.06 bits per heavy atom. The van der Waals surface area contributed by atoms with Crippen LogP contribution in [0.2, 0.25) is 0 Å². The Hall–Kier alpha value is -0.953. The standard InChI is InChI=1S/C12H17NO3.Li/c1-9-8-10(16-7-6-13(2)3)4-5-11(9)12(14)15;/h4-5,8H,6-7H2,1-3H3,(H,14,15);/q;+1/p-1. The minimum atomic E-state index is -1.16. The van der Waals surface area contributed by atoms with Crippen LogP contribution < -0.4 is 28.7 Å². The zero-order valence-electron chi connectivity index (χ0n) is 10.8. The number of carboxylic acid groups (broad SMARTS) is 1. The fraction of sp³-hybridized carbons (Fsp3) is 0.417. The summed E-state index contributed by atoms with van der Waals surface area (Å²) in [5, 5.41) is 10.7. The topological polar surface area (TPSA) is 52.6 Å². The number of ether oxygens (including phenoxy) is 1. The summed E-state index contributed by atoms with van der Waals surface area (Å²) >= 11 is 0. The molecule has 4 nitrogen and oxygen atoms in total. The normalized spacial score (nSPS) is 9.88. The second kappa shape index (κ2) is 7.39. The molecule has 0 aromatic heterocycles. The molecule has 0 aliphatic heterocycles. The van der Waals surface area contributed by atoms with E-state index in [-0.39, 0.29) is 24.4 Å². The molecule has 1 aromatic carbocycles. The van der Waals surface area contributed by atoms with E-state index >= 15 is 0 Å². The van der Waals surface area contributed by atoms with Gasteiger partial charge in [-0.25, -0.2) is 0 Å². The summed E-state index contributed by atoms with van der Waals surface area (Å²) in [4.78, 5) is 12.7. The van der Waals surface area contributed by atoms with Crippen molar-refractivity contribution < 1.29 is 33.5 Å². The van der Waals surface area contributed by atoms with Gasteiger partial charge in [-0.05, 0) is 44.8 Å². The number of carboxylic acids is 1. The van der Waals surface area contributed by atoms with Gasteiger partial charge in [0.05, 0.1) is 5.97 Å². The summed E-state index contributed by atoms with van der Waals surface area (Å²) in [6.07, 6.45) is 0. The third-order valence-corrected chi connectivity index (χ3v) is 2.23. The van der Waals surface area contributed by atoms with Gasteiger partial charge in [0, 0.05) is 12.1 Å². The fourth-order valence-corrected chi connectivity index (χ4v) is 1.30. The van der Waals surface area contributed by atoms with Crippen molar-refractivity contribution in [3.63, 3.8) is 0 Å². The van der Waals surface area contributed by atoms with Crippen molar-refractivity contribution in [2.24, 2.45) is 0 Å². The number of carbonyl (C=O) groups excluding carboxylic acids is 1. The molecule has 0 bridgehead atoms. The molecule has 0 heterocycles. The number of hydrogen-bond donors (Lipinski definition) is 0. The van der Waals surface area contributed by atoms with Crippen molar-refractivity contribution in [3.05, 3.63) is 29.3 Å². The van der Waals surface area contributed by atoms with Gasteiger partial charge < -0.3 is 19.5 Å². The largest absolute Gasteiger partial charge is 1.00 e. The zero-order valence-corrected chi connectivity index (χ0v) is 10.8. The van der Waals surface area contributed by atoms with E-state index in [1.54, 1.807) is 19.1 Å². The molecule has 0 unspecified atom stereocenters. The van der Waals surface area contributed by atoms with Gasteiger partial charge in [0.15, 0.2) is 0 Å². The van der Waals surface area contributed by atoms with Gasteiger partial charge in [0.25, 0.3) is 0 Å². The van der Waals surface area contributed by atoms with Crippen molar-refractivity contribution in [1.29, 1.82) is 0 Å². The molecule has 0 atom stereocenters. The minimum absolute atomic E-state index is 0. The van der Waals surface area contributed by atoms with Crippen LogP contribution >= 0.6 is 0 Å².